The smallest absolute Gasteiger partial charge is 0.260 e. The number of nitrogens with zero attached hydrogens (tertiary/aromatic N) is 1. The fourth-order valence-electron chi connectivity index (χ4n) is 1.72. The van der Waals surface area contributed by atoms with E-state index in [0.717, 1.165) is 17.8 Å². The summed E-state index contributed by atoms with van der Waals surface area (Å²) in [7, 11) is 0. The Labute approximate surface area is 123 Å². The molecule has 0 atom stereocenters. The van der Waals surface area contributed by atoms with E-state index >= 15 is 0 Å². The number of hydrogen-bond donors (Lipinski definition) is 1. The van der Waals surface area contributed by atoms with Crippen molar-refractivity contribution >= 4 is 11.8 Å². The molecule has 2 rings (SSSR count). The largest absolute Gasteiger partial charge is 0.439 e. The van der Waals surface area contributed by atoms with Gasteiger partial charge in [0, 0.05) is 6.54 Å². The molecule has 0 aliphatic carbocycles. The minimum atomic E-state index is -0.241. The van der Waals surface area contributed by atoms with Crippen molar-refractivity contribution in [3.05, 3.63) is 41.5 Å². The van der Waals surface area contributed by atoms with Gasteiger partial charge in [0.2, 0.25) is 0 Å². The van der Waals surface area contributed by atoms with E-state index in [-0.39, 0.29) is 5.82 Å². The number of hydrogen-bond acceptors (Lipinski definition) is 4. The van der Waals surface area contributed by atoms with Crippen LogP contribution >= 0.6 is 11.8 Å². The number of rotatable bonds is 6. The number of aromatic nitrogens is 1. The van der Waals surface area contributed by atoms with Crippen molar-refractivity contribution in [2.45, 2.75) is 37.4 Å². The minimum Gasteiger partial charge on any atom is -0.439 e. The van der Waals surface area contributed by atoms with Gasteiger partial charge in [-0.15, -0.1) is 0 Å². The molecule has 5 heteroatoms. The molecule has 0 aliphatic rings. The summed E-state index contributed by atoms with van der Waals surface area (Å²) < 4.78 is 19.2. The Morgan fingerprint density at radius 2 is 2.20 bits per heavy atom. The van der Waals surface area contributed by atoms with Crippen molar-refractivity contribution in [1.29, 1.82) is 0 Å². The molecule has 1 aromatic heterocycles. The van der Waals surface area contributed by atoms with Crippen LogP contribution in [0.15, 0.2) is 39.0 Å². The van der Waals surface area contributed by atoms with Gasteiger partial charge in [-0.1, -0.05) is 19.9 Å². The summed E-state index contributed by atoms with van der Waals surface area (Å²) >= 11 is 1.20. The number of nitrogens with one attached hydrogen (secondary N) is 1. The summed E-state index contributed by atoms with van der Waals surface area (Å²) in [5, 5.41) is 3.76. The Morgan fingerprint density at radius 3 is 2.80 bits per heavy atom. The molecule has 108 valence electrons. The van der Waals surface area contributed by atoms with Crippen molar-refractivity contribution in [3.8, 4) is 0 Å². The fourth-order valence-corrected chi connectivity index (χ4v) is 2.48. The van der Waals surface area contributed by atoms with Crippen molar-refractivity contribution in [1.82, 2.24) is 10.3 Å². The third kappa shape index (κ3) is 4.35. The maximum Gasteiger partial charge on any atom is 0.260 e. The predicted molar refractivity (Wildman–Crippen MR) is 78.3 cm³/mol. The van der Waals surface area contributed by atoms with E-state index in [0.29, 0.717) is 22.6 Å². The summed E-state index contributed by atoms with van der Waals surface area (Å²) in [6, 6.07) is 5.26. The molecule has 0 saturated heterocycles. The maximum atomic E-state index is 14.0. The highest BCUT2D eigenvalue weighted by molar-refractivity contribution is 7.99. The second-order valence-electron chi connectivity index (χ2n) is 5.15. The number of halogens is 1. The summed E-state index contributed by atoms with van der Waals surface area (Å²) in [4.78, 5) is 4.68. The SMILES string of the molecule is Cc1coc(Sc2ccc(CNCC(C)C)cc2F)n1. The molecule has 0 aliphatic heterocycles. The van der Waals surface area contributed by atoms with Crippen molar-refractivity contribution < 1.29 is 8.81 Å². The molecule has 1 heterocycles. The van der Waals surface area contributed by atoms with Crippen molar-refractivity contribution in [2.75, 3.05) is 6.54 Å². The van der Waals surface area contributed by atoms with Crippen LogP contribution in [0, 0.1) is 18.7 Å². The van der Waals surface area contributed by atoms with Crippen LogP contribution in [0.25, 0.3) is 0 Å². The third-order valence-corrected chi connectivity index (χ3v) is 3.59. The quantitative estimate of drug-likeness (QED) is 0.873. The number of oxazole rings is 1. The Balaban J connectivity index is 1.98. The van der Waals surface area contributed by atoms with Crippen LogP contribution < -0.4 is 5.32 Å². The Bertz CT molecular complexity index is 569. The summed E-state index contributed by atoms with van der Waals surface area (Å²) in [6.45, 7) is 7.73. The normalized spacial score (nSPS) is 11.2. The monoisotopic (exact) mass is 294 g/mol. The fraction of sp³-hybridized carbons (Fsp3) is 0.400. The van der Waals surface area contributed by atoms with Crippen LogP contribution in [0.3, 0.4) is 0 Å². The molecule has 1 N–H and O–H groups in total. The van der Waals surface area contributed by atoms with Crippen molar-refractivity contribution in [2.24, 2.45) is 5.92 Å². The van der Waals surface area contributed by atoms with E-state index in [9.17, 15) is 4.39 Å². The molecule has 0 saturated carbocycles. The van der Waals surface area contributed by atoms with Gasteiger partial charge in [-0.2, -0.15) is 0 Å². The number of aryl methyl sites for hydroxylation is 1. The van der Waals surface area contributed by atoms with Gasteiger partial charge in [-0.05, 0) is 48.8 Å². The van der Waals surface area contributed by atoms with Gasteiger partial charge in [0.05, 0.1) is 10.6 Å². The van der Waals surface area contributed by atoms with Crippen LogP contribution in [-0.4, -0.2) is 11.5 Å². The summed E-state index contributed by atoms with van der Waals surface area (Å²) in [5.41, 5.74) is 1.73. The lowest BCUT2D eigenvalue weighted by Gasteiger charge is -2.08. The Hall–Kier alpha value is -1.33. The molecule has 20 heavy (non-hydrogen) atoms. The van der Waals surface area contributed by atoms with Gasteiger partial charge in [-0.25, -0.2) is 9.37 Å². The molecule has 0 unspecified atom stereocenters. The van der Waals surface area contributed by atoms with Crippen LogP contribution in [0.5, 0.6) is 0 Å². The van der Waals surface area contributed by atoms with Gasteiger partial charge in [0.25, 0.3) is 5.22 Å². The first kappa shape index (κ1) is 15.1. The van der Waals surface area contributed by atoms with E-state index < -0.39 is 0 Å². The molecule has 0 bridgehead atoms. The lowest BCUT2D eigenvalue weighted by molar-refractivity contribution is 0.453. The third-order valence-electron chi connectivity index (χ3n) is 2.67. The molecule has 0 amide bonds. The van der Waals surface area contributed by atoms with Crippen LogP contribution in [0.2, 0.25) is 0 Å². The molecular formula is C15H19FN2OS. The second kappa shape index (κ2) is 6.90. The van der Waals surface area contributed by atoms with Gasteiger partial charge in [-0.3, -0.25) is 0 Å². The standard InChI is InChI=1S/C15H19FN2OS/c1-10(2)7-17-8-12-4-5-14(13(16)6-12)20-15-18-11(3)9-19-15/h4-6,9-10,17H,7-8H2,1-3H3. The zero-order valence-corrected chi connectivity index (χ0v) is 12.8. The molecule has 0 spiro atoms. The van der Waals surface area contributed by atoms with E-state index in [4.69, 9.17) is 4.42 Å². The van der Waals surface area contributed by atoms with Crippen LogP contribution in [0.4, 0.5) is 4.39 Å². The maximum absolute atomic E-state index is 14.0. The zero-order chi connectivity index (χ0) is 14.5. The van der Waals surface area contributed by atoms with E-state index in [1.807, 2.05) is 13.0 Å². The average molecular weight is 294 g/mol. The zero-order valence-electron chi connectivity index (χ0n) is 11.9. The second-order valence-corrected chi connectivity index (χ2v) is 6.14. The highest BCUT2D eigenvalue weighted by atomic mass is 32.2. The lowest BCUT2D eigenvalue weighted by atomic mass is 10.2. The highest BCUT2D eigenvalue weighted by Crippen LogP contribution is 2.29. The lowest BCUT2D eigenvalue weighted by Crippen LogP contribution is -2.18. The Kier molecular flexibility index (Phi) is 5.20. The van der Waals surface area contributed by atoms with Gasteiger partial charge >= 0.3 is 0 Å². The van der Waals surface area contributed by atoms with Gasteiger partial charge in [0.1, 0.15) is 12.1 Å². The first-order valence-corrected chi connectivity index (χ1v) is 7.45. The van der Waals surface area contributed by atoms with Gasteiger partial charge in [0.15, 0.2) is 0 Å². The highest BCUT2D eigenvalue weighted by Gasteiger charge is 2.09. The predicted octanol–water partition coefficient (Wildman–Crippen LogP) is 4.02. The van der Waals surface area contributed by atoms with Crippen LogP contribution in [0.1, 0.15) is 25.1 Å². The summed E-state index contributed by atoms with van der Waals surface area (Å²) in [6.07, 6.45) is 1.56. The molecular weight excluding hydrogens is 275 g/mol. The van der Waals surface area contributed by atoms with E-state index in [1.165, 1.54) is 11.8 Å². The van der Waals surface area contributed by atoms with Gasteiger partial charge < -0.3 is 9.73 Å². The average Bonchev–Trinajstić information content (AvgIpc) is 2.78. The molecule has 0 fully saturated rings. The summed E-state index contributed by atoms with van der Waals surface area (Å²) in [5.74, 6) is 0.345. The number of benzene rings is 1. The van der Waals surface area contributed by atoms with Crippen LogP contribution in [-0.2, 0) is 6.54 Å². The molecule has 2 aromatic rings. The Morgan fingerprint density at radius 1 is 1.40 bits per heavy atom. The topological polar surface area (TPSA) is 38.1 Å². The molecule has 1 aromatic carbocycles. The first-order valence-electron chi connectivity index (χ1n) is 6.63. The molecule has 0 radical (unpaired) electrons. The minimum absolute atomic E-state index is 0.241. The van der Waals surface area contributed by atoms with E-state index in [1.54, 1.807) is 18.4 Å². The van der Waals surface area contributed by atoms with E-state index in [2.05, 4.69) is 24.1 Å². The first-order chi connectivity index (χ1) is 9.54. The molecule has 3 nitrogen and oxygen atoms in total. The van der Waals surface area contributed by atoms with Crippen molar-refractivity contribution in [3.63, 3.8) is 0 Å².